The number of thiophene rings is 3. The van der Waals surface area contributed by atoms with E-state index in [1.807, 2.05) is 70.4 Å². The number of fused-ring (bicyclic) bond motifs is 18. The smallest absolute Gasteiger partial charge is 0.143 e. The molecule has 6 aromatic heterocycles. The first kappa shape index (κ1) is 83.2. The van der Waals surface area contributed by atoms with Gasteiger partial charge in [0.2, 0.25) is 0 Å². The quantitative estimate of drug-likeness (QED) is 0.172. The van der Waals surface area contributed by atoms with Crippen LogP contribution in [0.15, 0.2) is 389 Å². The molecule has 132 heavy (non-hydrogen) atoms. The van der Waals surface area contributed by atoms with Crippen LogP contribution in [-0.4, -0.2) is 0 Å². The van der Waals surface area contributed by atoms with Gasteiger partial charge in [0.1, 0.15) is 33.5 Å². The number of furan rings is 3. The Kier molecular flexibility index (Phi) is 22.8. The lowest BCUT2D eigenvalue weighted by molar-refractivity contribution is 0.572. The predicted molar refractivity (Wildman–Crippen MR) is 579 cm³/mol. The lowest BCUT2D eigenvalue weighted by Gasteiger charge is -2.21. The van der Waals surface area contributed by atoms with E-state index in [2.05, 4.69) is 428 Å². The van der Waals surface area contributed by atoms with Crippen LogP contribution in [0.1, 0.15) is 165 Å². The van der Waals surface area contributed by atoms with Gasteiger partial charge in [0, 0.05) is 115 Å². The number of benzene rings is 17. The van der Waals surface area contributed by atoms with E-state index in [0.717, 1.165) is 49.8 Å². The minimum Gasteiger partial charge on any atom is -0.456 e. The van der Waals surface area contributed by atoms with Crippen LogP contribution in [0.3, 0.4) is 0 Å². The van der Waals surface area contributed by atoms with Gasteiger partial charge in [-0.3, -0.25) is 0 Å². The second-order valence-electron chi connectivity index (χ2n) is 40.6. The third kappa shape index (κ3) is 17.9. The van der Waals surface area contributed by atoms with Gasteiger partial charge in [-0.15, -0.1) is 34.0 Å². The van der Waals surface area contributed by atoms with E-state index in [4.69, 9.17) is 20.1 Å². The minimum absolute atomic E-state index is 0.0558. The summed E-state index contributed by atoms with van der Waals surface area (Å²) in [4.78, 5) is 0. The fourth-order valence-electron chi connectivity index (χ4n) is 18.6. The lowest BCUT2D eigenvalue weighted by atomic mass is 9.83. The van der Waals surface area contributed by atoms with Gasteiger partial charge in [0.05, 0.1) is 6.85 Å². The molecule has 3 nitrogen and oxygen atoms in total. The van der Waals surface area contributed by atoms with Crippen molar-refractivity contribution in [2.75, 3.05) is 0 Å². The van der Waals surface area contributed by atoms with Crippen LogP contribution in [0.25, 0.3) is 182 Å². The molecule has 656 valence electrons. The summed E-state index contributed by atoms with van der Waals surface area (Å²) in [7, 11) is 0. The van der Waals surface area contributed by atoms with Gasteiger partial charge in [-0.05, 0) is 136 Å². The molecule has 0 unspecified atom stereocenters. The van der Waals surface area contributed by atoms with Crippen LogP contribution in [-0.2, 0) is 32.5 Å². The lowest BCUT2D eigenvalue weighted by Crippen LogP contribution is -2.11. The highest BCUT2D eigenvalue weighted by molar-refractivity contribution is 7.27. The summed E-state index contributed by atoms with van der Waals surface area (Å²) >= 11 is 5.73. The van der Waals surface area contributed by atoms with Crippen molar-refractivity contribution in [1.82, 2.24) is 0 Å². The fourth-order valence-corrected chi connectivity index (χ4v) is 22.5. The zero-order valence-corrected chi connectivity index (χ0v) is 81.3. The van der Waals surface area contributed by atoms with Crippen molar-refractivity contribution in [2.45, 2.75) is 157 Å². The van der Waals surface area contributed by atoms with Crippen LogP contribution in [0.5, 0.6) is 0 Å². The molecule has 0 radical (unpaired) electrons. The largest absolute Gasteiger partial charge is 0.456 e. The molecular formula is C126H116O3S3. The standard InChI is InChI=1S/3C22H20O.2C22H20S.C16H16S/c1-22(2,3)17-12-8-14-19-21(17)20-16(11-7-13-18(20)23-19)15-9-5-4-6-10-15;2*1-22(2,3)19-14-8-13-18-17-12-7-11-16(20(17)23-21(18)19)15-9-5-4-6-10-15;1-22(2,3)17-12-8-14-19-21(17)20-16(11-7-13-18(20)23-19)15-9-5-4-6-10-15;1-22(2,3)19-14-8-13-18-17-12-7-11-16(20(17)23-21(18)19)15-9-5-4-6-10-15;1-16(2,3)12-8-6-10-14-15(12)11-7-4-5-9-13(11)17-14/h5*4-14H,1-3H3;4-10H,1-3H3/i;4D,5D,6D,9D,10D;;;;. The van der Waals surface area contributed by atoms with E-state index >= 15 is 0 Å². The Bertz CT molecular complexity index is 8070. The highest BCUT2D eigenvalue weighted by Gasteiger charge is 2.29. The van der Waals surface area contributed by atoms with E-state index in [-0.39, 0.29) is 62.2 Å². The van der Waals surface area contributed by atoms with Crippen molar-refractivity contribution in [3.8, 4) is 55.6 Å². The average Bonchev–Trinajstić information content (AvgIpc) is 1.61. The topological polar surface area (TPSA) is 39.4 Å². The first-order valence-corrected chi connectivity index (χ1v) is 48.3. The van der Waals surface area contributed by atoms with Crippen LogP contribution in [0.4, 0.5) is 0 Å². The van der Waals surface area contributed by atoms with Crippen molar-refractivity contribution < 1.29 is 20.1 Å². The minimum atomic E-state index is -0.398. The Balaban J connectivity index is 0.000000110. The highest BCUT2D eigenvalue weighted by atomic mass is 32.1. The second-order valence-corrected chi connectivity index (χ2v) is 43.7. The first-order chi connectivity index (χ1) is 65.4. The molecule has 0 saturated carbocycles. The molecule has 17 aromatic carbocycles. The molecule has 0 amide bonds. The molecule has 0 aliphatic rings. The molecule has 0 aliphatic heterocycles. The summed E-state index contributed by atoms with van der Waals surface area (Å²) < 4.78 is 67.6. The van der Waals surface area contributed by atoms with Crippen LogP contribution in [0, 0.1) is 0 Å². The normalized spacial score (nSPS) is 12.7. The molecule has 0 fully saturated rings. The maximum Gasteiger partial charge on any atom is 0.143 e. The highest BCUT2D eigenvalue weighted by Crippen LogP contribution is 2.50. The Labute approximate surface area is 796 Å². The summed E-state index contributed by atoms with van der Waals surface area (Å²) in [5, 5.41) is 15.1. The van der Waals surface area contributed by atoms with Crippen LogP contribution in [0.2, 0.25) is 0 Å². The molecule has 0 saturated heterocycles. The van der Waals surface area contributed by atoms with Crippen LogP contribution >= 0.6 is 34.0 Å². The number of hydrogen-bond acceptors (Lipinski definition) is 6. The van der Waals surface area contributed by atoms with Gasteiger partial charge in [0.15, 0.2) is 0 Å². The van der Waals surface area contributed by atoms with E-state index in [1.165, 1.54) is 149 Å². The van der Waals surface area contributed by atoms with Crippen molar-refractivity contribution in [1.29, 1.82) is 0 Å². The van der Waals surface area contributed by atoms with Crippen molar-refractivity contribution in [3.05, 3.63) is 409 Å². The van der Waals surface area contributed by atoms with Crippen LogP contribution < -0.4 is 0 Å². The van der Waals surface area contributed by atoms with E-state index in [0.29, 0.717) is 11.1 Å². The second kappa shape index (κ2) is 36.2. The Morgan fingerprint density at radius 3 is 0.985 bits per heavy atom. The molecule has 0 spiro atoms. The van der Waals surface area contributed by atoms with Gasteiger partial charge >= 0.3 is 0 Å². The average molecular weight is 1780 g/mol. The molecule has 0 bridgehead atoms. The number of rotatable bonds is 5. The van der Waals surface area contributed by atoms with E-state index in [1.54, 1.807) is 6.07 Å². The maximum atomic E-state index is 8.31. The molecule has 0 N–H and O–H groups in total. The van der Waals surface area contributed by atoms with Crippen molar-refractivity contribution in [2.24, 2.45) is 0 Å². The number of hydrogen-bond donors (Lipinski definition) is 0. The zero-order valence-electron chi connectivity index (χ0n) is 83.9. The molecule has 0 aliphatic carbocycles. The Morgan fingerprint density at radius 1 is 0.189 bits per heavy atom. The molecule has 6 heteroatoms. The predicted octanol–water partition coefficient (Wildman–Crippen LogP) is 39.0. The third-order valence-corrected chi connectivity index (χ3v) is 28.5. The number of para-hydroxylation sites is 4. The summed E-state index contributed by atoms with van der Waals surface area (Å²) in [6.07, 6.45) is 0. The van der Waals surface area contributed by atoms with Crippen molar-refractivity contribution >= 4 is 160 Å². The fraction of sp³-hybridized carbons (Fsp3) is 0.190. The first-order valence-electron chi connectivity index (χ1n) is 48.4. The SMILES string of the molecule is CC(C)(C)c1cccc2c1oc1c(-c3ccccc3)cccc12.CC(C)(C)c1cccc2c1sc1c(-c3ccccc3)cccc12.CC(C)(C)c1cccc2oc3cccc(-c4ccccc4)c3c12.CC(C)(C)c1cccc2sc3cccc(-c4ccccc4)c3c12.CC(C)(C)c1cccc2sc3ccccc3c12.[2H]c1c([2H])c([2H])c(-c2cccc3c2oc2c(C(C)(C)C)cccc23)c([2H])c1[2H]. The maximum absolute atomic E-state index is 8.31. The van der Waals surface area contributed by atoms with Gasteiger partial charge in [0.25, 0.3) is 0 Å². The Hall–Kier alpha value is -13.2. The Morgan fingerprint density at radius 2 is 0.492 bits per heavy atom. The van der Waals surface area contributed by atoms with Gasteiger partial charge < -0.3 is 13.3 Å². The molecular weight excluding hydrogens is 1660 g/mol. The molecule has 23 aromatic rings. The summed E-state index contributed by atoms with van der Waals surface area (Å²) in [6, 6.07) is 120. The monoisotopic (exact) mass is 1780 g/mol. The van der Waals surface area contributed by atoms with Gasteiger partial charge in [-0.2, -0.15) is 0 Å². The molecule has 0 atom stereocenters. The molecule has 23 rings (SSSR count). The van der Waals surface area contributed by atoms with E-state index in [9.17, 15) is 0 Å². The van der Waals surface area contributed by atoms with E-state index < -0.39 is 6.04 Å². The zero-order chi connectivity index (χ0) is 96.5. The van der Waals surface area contributed by atoms with Gasteiger partial charge in [-0.1, -0.05) is 464 Å². The molecule has 6 heterocycles. The summed E-state index contributed by atoms with van der Waals surface area (Å²) in [6.45, 7) is 40.5. The summed E-state index contributed by atoms with van der Waals surface area (Å²) in [5.41, 5.74) is 24.4. The van der Waals surface area contributed by atoms with Crippen molar-refractivity contribution in [3.63, 3.8) is 0 Å². The third-order valence-electron chi connectivity index (χ3n) is 25.0. The van der Waals surface area contributed by atoms with Gasteiger partial charge in [-0.25, -0.2) is 0 Å². The summed E-state index contributed by atoms with van der Waals surface area (Å²) in [5.74, 6) is 0.